The molecule has 2 fully saturated rings. The summed E-state index contributed by atoms with van der Waals surface area (Å²) in [5.74, 6) is 1.11. The molecule has 1 aliphatic carbocycles. The number of imide groups is 1. The lowest BCUT2D eigenvalue weighted by Crippen LogP contribution is -2.47. The number of carbonyl (C=O) groups excluding carboxylic acids is 2. The van der Waals surface area contributed by atoms with Crippen LogP contribution in [-0.2, 0) is 9.59 Å². The topological polar surface area (TPSA) is 116 Å². The van der Waals surface area contributed by atoms with E-state index >= 15 is 0 Å². The van der Waals surface area contributed by atoms with Crippen LogP contribution < -0.4 is 14.4 Å². The normalized spacial score (nSPS) is 19.1. The first-order valence-electron chi connectivity index (χ1n) is 8.53. The smallest absolute Gasteiger partial charge is 0.235 e. The van der Waals surface area contributed by atoms with Crippen molar-refractivity contribution in [2.75, 3.05) is 19.1 Å². The molecule has 1 saturated carbocycles. The molecule has 2 amide bonds. The van der Waals surface area contributed by atoms with Gasteiger partial charge in [-0.05, 0) is 24.3 Å². The van der Waals surface area contributed by atoms with Gasteiger partial charge < -0.3 is 14.9 Å². The van der Waals surface area contributed by atoms with Gasteiger partial charge in [-0.3, -0.25) is 14.7 Å². The second kappa shape index (κ2) is 6.60. The predicted molar refractivity (Wildman–Crippen MR) is 95.4 cm³/mol. The number of hydrogen-bond acceptors (Lipinski definition) is 5. The molecule has 0 radical (unpaired) electrons. The maximum atomic E-state index is 12.8. The van der Waals surface area contributed by atoms with Crippen molar-refractivity contribution < 1.29 is 24.5 Å². The lowest BCUT2D eigenvalue weighted by Gasteiger charge is -2.36. The Morgan fingerprint density at radius 1 is 1.04 bits per heavy atom. The number of rotatable bonds is 3. The SMILES string of the molecule is COc1cc2[nH]nc(N3C(=O)CC4(CCCC4)CC3=O)c2cc1OC.O. The van der Waals surface area contributed by atoms with E-state index in [9.17, 15) is 9.59 Å². The maximum Gasteiger partial charge on any atom is 0.235 e. The number of benzene rings is 1. The molecule has 2 aromatic rings. The summed E-state index contributed by atoms with van der Waals surface area (Å²) in [6.07, 6.45) is 4.96. The van der Waals surface area contributed by atoms with E-state index in [2.05, 4.69) is 10.2 Å². The van der Waals surface area contributed by atoms with Gasteiger partial charge in [-0.15, -0.1) is 0 Å². The Morgan fingerprint density at radius 3 is 2.19 bits per heavy atom. The fourth-order valence-electron chi connectivity index (χ4n) is 4.22. The largest absolute Gasteiger partial charge is 0.493 e. The minimum atomic E-state index is -0.165. The predicted octanol–water partition coefficient (Wildman–Crippen LogP) is 1.97. The third-order valence-corrected chi connectivity index (χ3v) is 5.47. The first-order chi connectivity index (χ1) is 12.1. The van der Waals surface area contributed by atoms with E-state index in [0.717, 1.165) is 25.7 Å². The lowest BCUT2D eigenvalue weighted by molar-refractivity contribution is -0.133. The van der Waals surface area contributed by atoms with Gasteiger partial charge in [0, 0.05) is 24.3 Å². The molecule has 3 N–H and O–H groups in total. The number of ether oxygens (including phenoxy) is 2. The van der Waals surface area contributed by atoms with E-state index in [1.165, 1.54) is 4.90 Å². The number of aromatic amines is 1. The summed E-state index contributed by atoms with van der Waals surface area (Å²) in [4.78, 5) is 26.8. The molecular weight excluding hydrogens is 338 g/mol. The first-order valence-corrected chi connectivity index (χ1v) is 8.53. The molecule has 8 nitrogen and oxygen atoms in total. The minimum absolute atomic E-state index is 0. The fraction of sp³-hybridized carbons (Fsp3) is 0.500. The number of anilines is 1. The summed E-state index contributed by atoms with van der Waals surface area (Å²) in [6, 6.07) is 3.50. The molecular formula is C18H23N3O5. The van der Waals surface area contributed by atoms with Crippen LogP contribution in [0.1, 0.15) is 38.5 Å². The van der Waals surface area contributed by atoms with Crippen LogP contribution in [-0.4, -0.2) is 41.7 Å². The third-order valence-electron chi connectivity index (χ3n) is 5.47. The Bertz CT molecular complexity index is 834. The zero-order valence-electron chi connectivity index (χ0n) is 14.9. The number of nitrogens with one attached hydrogen (secondary N) is 1. The molecule has 140 valence electrons. The van der Waals surface area contributed by atoms with Gasteiger partial charge >= 0.3 is 0 Å². The van der Waals surface area contributed by atoms with E-state index in [1.807, 2.05) is 0 Å². The zero-order chi connectivity index (χ0) is 17.6. The van der Waals surface area contributed by atoms with Gasteiger partial charge in [0.2, 0.25) is 11.8 Å². The average Bonchev–Trinajstić information content (AvgIpc) is 3.20. The molecule has 1 aromatic heterocycles. The summed E-state index contributed by atoms with van der Waals surface area (Å²) >= 11 is 0. The number of nitrogens with zero attached hydrogens (tertiary/aromatic N) is 2. The maximum absolute atomic E-state index is 12.8. The van der Waals surface area contributed by atoms with Crippen LogP contribution in [0.25, 0.3) is 10.9 Å². The average molecular weight is 361 g/mol. The van der Waals surface area contributed by atoms with Crippen molar-refractivity contribution in [2.45, 2.75) is 38.5 Å². The molecule has 8 heteroatoms. The van der Waals surface area contributed by atoms with E-state index in [0.29, 0.717) is 41.1 Å². The number of hydrogen-bond donors (Lipinski definition) is 1. The molecule has 1 aromatic carbocycles. The van der Waals surface area contributed by atoms with Crippen molar-refractivity contribution >= 4 is 28.5 Å². The third kappa shape index (κ3) is 2.70. The van der Waals surface area contributed by atoms with Crippen LogP contribution in [0.4, 0.5) is 5.82 Å². The van der Waals surface area contributed by atoms with Gasteiger partial charge in [0.1, 0.15) is 0 Å². The van der Waals surface area contributed by atoms with Crippen molar-refractivity contribution in [2.24, 2.45) is 5.41 Å². The highest BCUT2D eigenvalue weighted by molar-refractivity contribution is 6.19. The second-order valence-corrected chi connectivity index (χ2v) is 6.98. The Balaban J connectivity index is 0.00000196. The minimum Gasteiger partial charge on any atom is -0.493 e. The highest BCUT2D eigenvalue weighted by Gasteiger charge is 2.46. The number of H-pyrrole nitrogens is 1. The Kier molecular flexibility index (Phi) is 4.62. The summed E-state index contributed by atoms with van der Waals surface area (Å²) in [5.41, 5.74) is 0.562. The van der Waals surface area contributed by atoms with E-state index in [4.69, 9.17) is 9.47 Å². The molecule has 2 aliphatic rings. The van der Waals surface area contributed by atoms with Crippen molar-refractivity contribution in [1.82, 2.24) is 10.2 Å². The van der Waals surface area contributed by atoms with Crippen LogP contribution >= 0.6 is 0 Å². The van der Waals surface area contributed by atoms with Crippen molar-refractivity contribution in [3.05, 3.63) is 12.1 Å². The fourth-order valence-corrected chi connectivity index (χ4v) is 4.22. The molecule has 4 rings (SSSR count). The molecule has 2 heterocycles. The van der Waals surface area contributed by atoms with Crippen LogP contribution in [0.5, 0.6) is 11.5 Å². The molecule has 26 heavy (non-hydrogen) atoms. The van der Waals surface area contributed by atoms with Gasteiger partial charge in [-0.25, -0.2) is 4.90 Å². The summed E-state index contributed by atoms with van der Waals surface area (Å²) in [7, 11) is 3.10. The lowest BCUT2D eigenvalue weighted by atomic mass is 9.76. The Hall–Kier alpha value is -2.61. The Labute approximate surface area is 150 Å². The van der Waals surface area contributed by atoms with Crippen LogP contribution in [0.2, 0.25) is 0 Å². The quantitative estimate of drug-likeness (QED) is 0.839. The number of methoxy groups -OCH3 is 2. The van der Waals surface area contributed by atoms with Crippen molar-refractivity contribution in [3.63, 3.8) is 0 Å². The number of carbonyl (C=O) groups is 2. The van der Waals surface area contributed by atoms with Crippen LogP contribution in [0, 0.1) is 5.41 Å². The summed E-state index contributed by atoms with van der Waals surface area (Å²) < 4.78 is 10.6. The summed E-state index contributed by atoms with van der Waals surface area (Å²) in [6.45, 7) is 0. The number of fused-ring (bicyclic) bond motifs is 1. The Morgan fingerprint density at radius 2 is 1.62 bits per heavy atom. The molecule has 0 atom stereocenters. The van der Waals surface area contributed by atoms with Gasteiger partial charge in [0.05, 0.1) is 19.7 Å². The molecule has 1 aliphatic heterocycles. The van der Waals surface area contributed by atoms with E-state index < -0.39 is 0 Å². The highest BCUT2D eigenvalue weighted by atomic mass is 16.5. The highest BCUT2D eigenvalue weighted by Crippen LogP contribution is 2.48. The van der Waals surface area contributed by atoms with Crippen molar-refractivity contribution in [1.29, 1.82) is 0 Å². The van der Waals surface area contributed by atoms with Crippen molar-refractivity contribution in [3.8, 4) is 11.5 Å². The van der Waals surface area contributed by atoms with Gasteiger partial charge in [0.15, 0.2) is 17.3 Å². The van der Waals surface area contributed by atoms with E-state index in [-0.39, 0.29) is 22.7 Å². The zero-order valence-corrected chi connectivity index (χ0v) is 14.9. The van der Waals surface area contributed by atoms with E-state index in [1.54, 1.807) is 26.4 Å². The summed E-state index contributed by atoms with van der Waals surface area (Å²) in [5, 5.41) is 7.78. The van der Waals surface area contributed by atoms with Gasteiger partial charge in [-0.2, -0.15) is 5.10 Å². The standard InChI is InChI=1S/C18H21N3O4.H2O/c1-24-13-7-11-12(8-14(13)25-2)19-20-17(11)21-15(22)9-18(10-16(21)23)5-3-4-6-18;/h7-8H,3-6,9-10H2,1-2H3,(H,19,20);1H2. The molecule has 0 unspecified atom stereocenters. The first kappa shape index (κ1) is 18.2. The molecule has 1 spiro atoms. The number of piperidine rings is 1. The monoisotopic (exact) mass is 361 g/mol. The molecule has 1 saturated heterocycles. The van der Waals surface area contributed by atoms with Crippen LogP contribution in [0.15, 0.2) is 12.1 Å². The van der Waals surface area contributed by atoms with Gasteiger partial charge in [0.25, 0.3) is 0 Å². The van der Waals surface area contributed by atoms with Gasteiger partial charge in [-0.1, -0.05) is 12.8 Å². The number of amides is 2. The van der Waals surface area contributed by atoms with Crippen LogP contribution in [0.3, 0.4) is 0 Å². The second-order valence-electron chi connectivity index (χ2n) is 6.98. The number of aromatic nitrogens is 2. The molecule has 0 bridgehead atoms.